The topological polar surface area (TPSA) is 111 Å². The van der Waals surface area contributed by atoms with Gasteiger partial charge in [0.15, 0.2) is 17.1 Å². The molecule has 0 atom stereocenters. The molecule has 0 bridgehead atoms. The predicted molar refractivity (Wildman–Crippen MR) is 124 cm³/mol. The minimum atomic E-state index is -4.75. The first-order valence-electron chi connectivity index (χ1n) is 10.4. The van der Waals surface area contributed by atoms with Crippen LogP contribution in [0.4, 0.5) is 29.2 Å². The van der Waals surface area contributed by atoms with Crippen LogP contribution < -0.4 is 5.32 Å². The van der Waals surface area contributed by atoms with Crippen molar-refractivity contribution in [2.45, 2.75) is 12.6 Å². The van der Waals surface area contributed by atoms with E-state index in [-0.39, 0.29) is 44.0 Å². The van der Waals surface area contributed by atoms with Crippen molar-refractivity contribution in [3.05, 3.63) is 64.8 Å². The number of ketones is 1. The minimum Gasteiger partial charge on any atom is -0.469 e. The highest BCUT2D eigenvalue weighted by atomic mass is 35.5. The van der Waals surface area contributed by atoms with Crippen LogP contribution in [-0.2, 0) is 15.7 Å². The molecule has 0 unspecified atom stereocenters. The van der Waals surface area contributed by atoms with E-state index in [2.05, 4.69) is 30.1 Å². The molecule has 0 amide bonds. The van der Waals surface area contributed by atoms with E-state index in [4.69, 9.17) is 11.6 Å². The quantitative estimate of drug-likeness (QED) is 0.109. The van der Waals surface area contributed by atoms with Crippen molar-refractivity contribution in [2.24, 2.45) is 0 Å². The smallest absolute Gasteiger partial charge is 0.435 e. The van der Waals surface area contributed by atoms with Gasteiger partial charge < -0.3 is 10.1 Å². The molecule has 1 aromatic carbocycles. The number of carbonyl (C=O) groups excluding carboxylic acids is 2. The monoisotopic (exact) mass is 532 g/mol. The predicted octanol–water partition coefficient (Wildman–Crippen LogP) is 5.13. The number of anilines is 2. The summed E-state index contributed by atoms with van der Waals surface area (Å²) in [5.74, 6) is -2.02. The SMILES string of the molecule is COC(=O)CC(=O)c1cnc2c(c1)c1cnc(Nc3ccc(F)c(Cl)c3)nc1n1nc(C(F)(F)F)cc21. The van der Waals surface area contributed by atoms with Crippen molar-refractivity contribution in [3.63, 3.8) is 0 Å². The number of rotatable bonds is 5. The molecule has 14 heteroatoms. The van der Waals surface area contributed by atoms with Gasteiger partial charge in [-0.05, 0) is 30.3 Å². The molecule has 4 heterocycles. The lowest BCUT2D eigenvalue weighted by Crippen LogP contribution is -2.10. The Morgan fingerprint density at radius 3 is 2.59 bits per heavy atom. The van der Waals surface area contributed by atoms with Crippen molar-refractivity contribution in [1.29, 1.82) is 0 Å². The van der Waals surface area contributed by atoms with Crippen LogP contribution in [0.5, 0.6) is 0 Å². The van der Waals surface area contributed by atoms with E-state index >= 15 is 0 Å². The summed E-state index contributed by atoms with van der Waals surface area (Å²) in [5.41, 5.74) is -0.731. The van der Waals surface area contributed by atoms with Gasteiger partial charge >= 0.3 is 12.1 Å². The van der Waals surface area contributed by atoms with E-state index in [1.165, 1.54) is 24.4 Å². The lowest BCUT2D eigenvalue weighted by Gasteiger charge is -2.10. The number of fused-ring (bicyclic) bond motifs is 6. The van der Waals surface area contributed by atoms with E-state index < -0.39 is 35.9 Å². The van der Waals surface area contributed by atoms with Gasteiger partial charge in [-0.2, -0.15) is 23.3 Å². The summed E-state index contributed by atoms with van der Waals surface area (Å²) in [6, 6.07) is 6.01. The molecule has 9 nitrogen and oxygen atoms in total. The van der Waals surface area contributed by atoms with Crippen molar-refractivity contribution >= 4 is 62.4 Å². The Morgan fingerprint density at radius 1 is 1.11 bits per heavy atom. The highest BCUT2D eigenvalue weighted by molar-refractivity contribution is 6.31. The Hall–Kier alpha value is -4.39. The van der Waals surface area contributed by atoms with E-state index in [0.717, 1.165) is 30.0 Å². The molecule has 37 heavy (non-hydrogen) atoms. The standard InChI is InChI=1S/C23H13ClF4N6O3/c1-37-19(36)7-17(35)10-4-12-13-9-30-22(31-11-2-3-15(25)14(24)5-11)32-21(13)34-16(20(12)29-8-10)6-18(33-34)23(26,27)28/h2-6,8-9H,7H2,1H3,(H,30,31,32). The normalized spacial score (nSPS) is 11.8. The maximum absolute atomic E-state index is 13.5. The first-order chi connectivity index (χ1) is 17.5. The van der Waals surface area contributed by atoms with E-state index in [9.17, 15) is 27.2 Å². The molecule has 0 aliphatic carbocycles. The molecule has 1 N–H and O–H groups in total. The minimum absolute atomic E-state index is 0.0173. The zero-order valence-electron chi connectivity index (χ0n) is 18.6. The molecule has 0 saturated heterocycles. The van der Waals surface area contributed by atoms with Crippen LogP contribution >= 0.6 is 11.6 Å². The number of halogens is 5. The summed E-state index contributed by atoms with van der Waals surface area (Å²) in [6.07, 6.45) is -2.81. The zero-order chi connectivity index (χ0) is 26.5. The number of esters is 1. The number of hydrogen-bond acceptors (Lipinski definition) is 8. The van der Waals surface area contributed by atoms with Crippen LogP contribution in [0, 0.1) is 5.82 Å². The summed E-state index contributed by atoms with van der Waals surface area (Å²) in [5, 5.41) is 6.84. The second-order valence-electron chi connectivity index (χ2n) is 7.81. The average Bonchev–Trinajstić information content (AvgIpc) is 3.33. The first kappa shape index (κ1) is 24.3. The number of pyridine rings is 2. The Labute approximate surface area is 209 Å². The van der Waals surface area contributed by atoms with Gasteiger partial charge in [-0.25, -0.2) is 13.9 Å². The van der Waals surface area contributed by atoms with E-state index in [0.29, 0.717) is 5.69 Å². The van der Waals surface area contributed by atoms with Gasteiger partial charge in [0.25, 0.3) is 0 Å². The molecule has 0 spiro atoms. The van der Waals surface area contributed by atoms with E-state index in [1.807, 2.05) is 0 Å². The highest BCUT2D eigenvalue weighted by Gasteiger charge is 2.35. The maximum Gasteiger partial charge on any atom is 0.435 e. The van der Waals surface area contributed by atoms with Crippen LogP contribution in [0.3, 0.4) is 0 Å². The molecule has 0 saturated carbocycles. The summed E-state index contributed by atoms with van der Waals surface area (Å²) in [6.45, 7) is 0. The molecule has 188 valence electrons. The Kier molecular flexibility index (Phi) is 5.86. The summed E-state index contributed by atoms with van der Waals surface area (Å²) < 4.78 is 59.5. The molecule has 0 radical (unpaired) electrons. The van der Waals surface area contributed by atoms with Crippen molar-refractivity contribution < 1.29 is 31.9 Å². The van der Waals surface area contributed by atoms with Gasteiger partial charge in [-0.1, -0.05) is 11.6 Å². The maximum atomic E-state index is 13.5. The first-order valence-corrected chi connectivity index (χ1v) is 10.8. The molecule has 5 rings (SSSR count). The van der Waals surface area contributed by atoms with E-state index in [1.54, 1.807) is 0 Å². The fraction of sp³-hybridized carbons (Fsp3) is 0.130. The molecule has 0 aliphatic heterocycles. The third-order valence-electron chi connectivity index (χ3n) is 5.42. The molecular weight excluding hydrogens is 520 g/mol. The number of hydrogen-bond donors (Lipinski definition) is 1. The van der Waals surface area contributed by atoms with Crippen molar-refractivity contribution in [1.82, 2.24) is 24.6 Å². The zero-order valence-corrected chi connectivity index (χ0v) is 19.4. The Balaban J connectivity index is 1.72. The molecule has 0 fully saturated rings. The van der Waals surface area contributed by atoms with Crippen LogP contribution in [0.15, 0.2) is 42.7 Å². The van der Waals surface area contributed by atoms with Gasteiger partial charge in [-0.3, -0.25) is 14.6 Å². The lowest BCUT2D eigenvalue weighted by atomic mass is 10.1. The summed E-state index contributed by atoms with van der Waals surface area (Å²) in [4.78, 5) is 36.8. The number of alkyl halides is 3. The Morgan fingerprint density at radius 2 is 1.89 bits per heavy atom. The number of Topliss-reactive ketones (excluding diaryl/α,β-unsaturated/α-hetero) is 1. The van der Waals surface area contributed by atoms with Crippen molar-refractivity contribution in [2.75, 3.05) is 12.4 Å². The van der Waals surface area contributed by atoms with Gasteiger partial charge in [0, 0.05) is 34.4 Å². The largest absolute Gasteiger partial charge is 0.469 e. The van der Waals surface area contributed by atoms with Gasteiger partial charge in [0.1, 0.15) is 12.2 Å². The highest BCUT2D eigenvalue weighted by Crippen LogP contribution is 2.34. The Bertz CT molecular complexity index is 1740. The summed E-state index contributed by atoms with van der Waals surface area (Å²) >= 11 is 5.81. The number of benzene rings is 1. The van der Waals surface area contributed by atoms with Crippen LogP contribution in [-0.4, -0.2) is 43.4 Å². The lowest BCUT2D eigenvalue weighted by molar-refractivity contribution is -0.141. The second kappa shape index (κ2) is 8.92. The summed E-state index contributed by atoms with van der Waals surface area (Å²) in [7, 11) is 1.14. The number of nitrogens with zero attached hydrogens (tertiary/aromatic N) is 5. The number of ether oxygens (including phenoxy) is 1. The van der Waals surface area contributed by atoms with Gasteiger partial charge in [0.2, 0.25) is 5.95 Å². The molecule has 0 aliphatic rings. The third-order valence-corrected chi connectivity index (χ3v) is 5.71. The number of nitrogens with one attached hydrogen (secondary N) is 1. The van der Waals surface area contributed by atoms with Crippen molar-refractivity contribution in [3.8, 4) is 0 Å². The fourth-order valence-corrected chi connectivity index (χ4v) is 3.85. The third kappa shape index (κ3) is 4.48. The number of aromatic nitrogens is 5. The van der Waals surface area contributed by atoms with Gasteiger partial charge in [-0.15, -0.1) is 0 Å². The molecular formula is C23H13ClF4N6O3. The average molecular weight is 533 g/mol. The van der Waals surface area contributed by atoms with Crippen LogP contribution in [0.25, 0.3) is 27.5 Å². The molecule has 4 aromatic heterocycles. The number of carbonyl (C=O) groups is 2. The van der Waals surface area contributed by atoms with Crippen LogP contribution in [0.1, 0.15) is 22.5 Å². The number of methoxy groups -OCH3 is 1. The molecule has 5 aromatic rings. The fourth-order valence-electron chi connectivity index (χ4n) is 3.67. The second-order valence-corrected chi connectivity index (χ2v) is 8.21. The van der Waals surface area contributed by atoms with Crippen LogP contribution in [0.2, 0.25) is 5.02 Å². The van der Waals surface area contributed by atoms with Gasteiger partial charge in [0.05, 0.1) is 23.2 Å².